The highest BCUT2D eigenvalue weighted by Crippen LogP contribution is 2.21. The second-order valence-electron chi connectivity index (χ2n) is 5.02. The summed E-state index contributed by atoms with van der Waals surface area (Å²) in [7, 11) is 1.95. The van der Waals surface area contributed by atoms with E-state index in [1.165, 1.54) is 0 Å². The van der Waals surface area contributed by atoms with Crippen molar-refractivity contribution in [3.8, 4) is 11.4 Å². The molecule has 2 aromatic rings. The van der Waals surface area contributed by atoms with Crippen LogP contribution in [-0.2, 0) is 7.05 Å². The van der Waals surface area contributed by atoms with Gasteiger partial charge in [0.2, 0.25) is 0 Å². The van der Waals surface area contributed by atoms with Crippen LogP contribution in [0.3, 0.4) is 0 Å². The minimum Gasteiger partial charge on any atom is -0.382 e. The van der Waals surface area contributed by atoms with Crippen molar-refractivity contribution in [3.63, 3.8) is 0 Å². The zero-order valence-corrected chi connectivity index (χ0v) is 11.4. The first kappa shape index (κ1) is 12.6. The Labute approximate surface area is 108 Å². The monoisotopic (exact) mass is 244 g/mol. The molecule has 1 aromatic carbocycles. The Bertz CT molecular complexity index is 516. The molecule has 0 aliphatic rings. The molecule has 0 fully saturated rings. The molecule has 0 aliphatic carbocycles. The summed E-state index contributed by atoms with van der Waals surface area (Å²) in [5.41, 5.74) is 2.20. The van der Waals surface area contributed by atoms with E-state index in [0.29, 0.717) is 12.0 Å². The molecule has 1 N–H and O–H groups in total. The summed E-state index contributed by atoms with van der Waals surface area (Å²) in [6, 6.07) is 8.73. The van der Waals surface area contributed by atoms with Gasteiger partial charge in [0, 0.05) is 24.3 Å². The largest absolute Gasteiger partial charge is 0.382 e. The van der Waals surface area contributed by atoms with Crippen molar-refractivity contribution in [3.05, 3.63) is 30.6 Å². The van der Waals surface area contributed by atoms with Crippen LogP contribution < -0.4 is 5.32 Å². The van der Waals surface area contributed by atoms with Gasteiger partial charge in [-0.3, -0.25) is 0 Å². The van der Waals surface area contributed by atoms with Gasteiger partial charge in [-0.05, 0) is 25.0 Å². The van der Waals surface area contributed by atoms with E-state index in [1.807, 2.05) is 17.7 Å². The predicted molar refractivity (Wildman–Crippen MR) is 74.4 cm³/mol. The molecule has 1 unspecified atom stereocenters. The number of nitrogens with zero attached hydrogens (tertiary/aromatic N) is 3. The molecule has 0 saturated heterocycles. The lowest BCUT2D eigenvalue weighted by Crippen LogP contribution is -2.21. The Morgan fingerprint density at radius 2 is 2.00 bits per heavy atom. The van der Waals surface area contributed by atoms with Gasteiger partial charge >= 0.3 is 0 Å². The first-order chi connectivity index (χ1) is 8.58. The minimum absolute atomic E-state index is 0.444. The fourth-order valence-corrected chi connectivity index (χ4v) is 1.72. The highest BCUT2D eigenvalue weighted by molar-refractivity contribution is 5.62. The maximum atomic E-state index is 4.13. The van der Waals surface area contributed by atoms with Gasteiger partial charge in [0.05, 0.1) is 0 Å². The summed E-state index contributed by atoms with van der Waals surface area (Å²) < 4.78 is 1.92. The van der Waals surface area contributed by atoms with Crippen molar-refractivity contribution in [2.24, 2.45) is 13.0 Å². The molecule has 4 nitrogen and oxygen atoms in total. The van der Waals surface area contributed by atoms with Gasteiger partial charge in [0.1, 0.15) is 6.33 Å². The molecule has 1 heterocycles. The molecule has 0 saturated carbocycles. The van der Waals surface area contributed by atoms with Crippen molar-refractivity contribution in [1.82, 2.24) is 14.8 Å². The van der Waals surface area contributed by atoms with E-state index < -0.39 is 0 Å². The van der Waals surface area contributed by atoms with Crippen molar-refractivity contribution < 1.29 is 0 Å². The molecule has 1 aromatic heterocycles. The van der Waals surface area contributed by atoms with Crippen LogP contribution in [0.2, 0.25) is 0 Å². The first-order valence-corrected chi connectivity index (χ1v) is 6.29. The number of hydrogen-bond donors (Lipinski definition) is 1. The Morgan fingerprint density at radius 3 is 2.61 bits per heavy atom. The van der Waals surface area contributed by atoms with E-state index in [0.717, 1.165) is 17.1 Å². The minimum atomic E-state index is 0.444. The van der Waals surface area contributed by atoms with Gasteiger partial charge in [-0.15, -0.1) is 10.2 Å². The van der Waals surface area contributed by atoms with Crippen molar-refractivity contribution >= 4 is 5.69 Å². The van der Waals surface area contributed by atoms with Gasteiger partial charge in [0.15, 0.2) is 5.82 Å². The van der Waals surface area contributed by atoms with Crippen LogP contribution in [0.5, 0.6) is 0 Å². The van der Waals surface area contributed by atoms with E-state index in [9.17, 15) is 0 Å². The molecule has 2 rings (SSSR count). The van der Waals surface area contributed by atoms with Gasteiger partial charge in [-0.1, -0.05) is 26.0 Å². The van der Waals surface area contributed by atoms with E-state index in [4.69, 9.17) is 0 Å². The van der Waals surface area contributed by atoms with E-state index in [-0.39, 0.29) is 0 Å². The van der Waals surface area contributed by atoms with Gasteiger partial charge in [-0.25, -0.2) is 0 Å². The third kappa shape index (κ3) is 2.70. The van der Waals surface area contributed by atoms with Crippen LogP contribution in [0.4, 0.5) is 5.69 Å². The molecule has 0 radical (unpaired) electrons. The smallest absolute Gasteiger partial charge is 0.163 e. The SMILES string of the molecule is CC(C)C(C)Nc1cccc(-c2nncn2C)c1. The second-order valence-corrected chi connectivity index (χ2v) is 5.02. The number of anilines is 1. The normalized spacial score (nSPS) is 12.7. The Kier molecular flexibility index (Phi) is 3.65. The van der Waals surface area contributed by atoms with Gasteiger partial charge in [-0.2, -0.15) is 0 Å². The molecule has 0 bridgehead atoms. The maximum absolute atomic E-state index is 4.13. The summed E-state index contributed by atoms with van der Waals surface area (Å²) in [6.45, 7) is 6.62. The molecular weight excluding hydrogens is 224 g/mol. The number of hydrogen-bond acceptors (Lipinski definition) is 3. The second kappa shape index (κ2) is 5.21. The predicted octanol–water partition coefficient (Wildman–Crippen LogP) is 2.94. The summed E-state index contributed by atoms with van der Waals surface area (Å²) in [6.07, 6.45) is 1.71. The Morgan fingerprint density at radius 1 is 1.22 bits per heavy atom. The molecule has 0 spiro atoms. The number of aryl methyl sites for hydroxylation is 1. The first-order valence-electron chi connectivity index (χ1n) is 6.29. The zero-order chi connectivity index (χ0) is 13.1. The van der Waals surface area contributed by atoms with Crippen molar-refractivity contribution in [2.45, 2.75) is 26.8 Å². The summed E-state index contributed by atoms with van der Waals surface area (Å²) in [4.78, 5) is 0. The van der Waals surface area contributed by atoms with Crippen molar-refractivity contribution in [2.75, 3.05) is 5.32 Å². The van der Waals surface area contributed by atoms with Crippen LogP contribution in [0.25, 0.3) is 11.4 Å². The lowest BCUT2D eigenvalue weighted by molar-refractivity contribution is 0.560. The zero-order valence-electron chi connectivity index (χ0n) is 11.4. The highest BCUT2D eigenvalue weighted by atomic mass is 15.2. The van der Waals surface area contributed by atoms with Crippen LogP contribution >= 0.6 is 0 Å². The van der Waals surface area contributed by atoms with E-state index in [1.54, 1.807) is 6.33 Å². The summed E-state index contributed by atoms with van der Waals surface area (Å²) in [5.74, 6) is 1.49. The van der Waals surface area contributed by atoms with Gasteiger partial charge < -0.3 is 9.88 Å². The van der Waals surface area contributed by atoms with Crippen molar-refractivity contribution in [1.29, 1.82) is 0 Å². The van der Waals surface area contributed by atoms with E-state index >= 15 is 0 Å². The lowest BCUT2D eigenvalue weighted by Gasteiger charge is -2.19. The number of aromatic nitrogens is 3. The standard InChI is InChI=1S/C14H20N4/c1-10(2)11(3)16-13-7-5-6-12(8-13)14-17-15-9-18(14)4/h5-11,16H,1-4H3. The summed E-state index contributed by atoms with van der Waals surface area (Å²) in [5, 5.41) is 11.5. The molecular formula is C14H20N4. The lowest BCUT2D eigenvalue weighted by atomic mass is 10.1. The number of nitrogens with one attached hydrogen (secondary N) is 1. The maximum Gasteiger partial charge on any atom is 0.163 e. The fraction of sp³-hybridized carbons (Fsp3) is 0.429. The summed E-state index contributed by atoms with van der Waals surface area (Å²) >= 11 is 0. The third-order valence-corrected chi connectivity index (χ3v) is 3.23. The molecule has 96 valence electrons. The van der Waals surface area contributed by atoms with E-state index in [2.05, 4.69) is 54.5 Å². The molecule has 0 aliphatic heterocycles. The highest BCUT2D eigenvalue weighted by Gasteiger charge is 2.08. The topological polar surface area (TPSA) is 42.7 Å². The molecule has 18 heavy (non-hydrogen) atoms. The molecule has 1 atom stereocenters. The van der Waals surface area contributed by atoms with Gasteiger partial charge in [0.25, 0.3) is 0 Å². The number of rotatable bonds is 4. The fourth-order valence-electron chi connectivity index (χ4n) is 1.72. The Hall–Kier alpha value is -1.84. The molecule has 4 heteroatoms. The average molecular weight is 244 g/mol. The van der Waals surface area contributed by atoms with Crippen LogP contribution in [0.1, 0.15) is 20.8 Å². The van der Waals surface area contributed by atoms with Crippen LogP contribution in [0.15, 0.2) is 30.6 Å². The third-order valence-electron chi connectivity index (χ3n) is 3.23. The van der Waals surface area contributed by atoms with Crippen LogP contribution in [-0.4, -0.2) is 20.8 Å². The Balaban J connectivity index is 2.23. The molecule has 0 amide bonds. The van der Waals surface area contributed by atoms with Crippen LogP contribution in [0, 0.1) is 5.92 Å². The quantitative estimate of drug-likeness (QED) is 0.899. The average Bonchev–Trinajstić information content (AvgIpc) is 2.75. The number of benzene rings is 1.